The maximum absolute atomic E-state index is 13.4. The zero-order valence-electron chi connectivity index (χ0n) is 15.2. The van der Waals surface area contributed by atoms with E-state index in [1.54, 1.807) is 0 Å². The highest BCUT2D eigenvalue weighted by molar-refractivity contribution is 6.00. The van der Waals surface area contributed by atoms with Gasteiger partial charge < -0.3 is 19.7 Å². The Kier molecular flexibility index (Phi) is 3.56. The minimum atomic E-state index is -4.77. The minimum Gasteiger partial charge on any atom is -0.387 e. The summed E-state index contributed by atoms with van der Waals surface area (Å²) in [6.07, 6.45) is -7.95. The molecule has 4 aliphatic rings. The molecule has 2 N–H and O–H groups in total. The number of carbonyl (C=O) groups is 1. The van der Waals surface area contributed by atoms with E-state index in [-0.39, 0.29) is 18.7 Å². The molecule has 1 aromatic carbocycles. The van der Waals surface area contributed by atoms with E-state index in [1.807, 2.05) is 0 Å². The smallest absolute Gasteiger partial charge is 0.387 e. The van der Waals surface area contributed by atoms with Crippen molar-refractivity contribution in [3.63, 3.8) is 0 Å². The van der Waals surface area contributed by atoms with Crippen LogP contribution in [0.1, 0.15) is 24.5 Å². The van der Waals surface area contributed by atoms with Crippen LogP contribution < -0.4 is 4.90 Å². The second-order valence-electron chi connectivity index (χ2n) is 8.19. The molecule has 10 heteroatoms. The number of alkyl halides is 3. The summed E-state index contributed by atoms with van der Waals surface area (Å²) in [7, 11) is 0. The quantitative estimate of drug-likeness (QED) is 0.721. The van der Waals surface area contributed by atoms with Crippen molar-refractivity contribution in [2.45, 2.75) is 49.2 Å². The molecule has 0 radical (unpaired) electrons. The van der Waals surface area contributed by atoms with Gasteiger partial charge in [0.05, 0.1) is 35.6 Å². The molecule has 0 aliphatic carbocycles. The van der Waals surface area contributed by atoms with Gasteiger partial charge in [0, 0.05) is 12.1 Å². The Labute approximate surface area is 163 Å². The monoisotopic (exact) mass is 410 g/mol. The molecule has 4 fully saturated rings. The number of nitrogens with zero attached hydrogens (tertiary/aromatic N) is 2. The van der Waals surface area contributed by atoms with Gasteiger partial charge in [-0.3, -0.25) is 9.69 Å². The second kappa shape index (κ2) is 5.49. The topological polar surface area (TPSA) is 103 Å². The zero-order chi connectivity index (χ0) is 20.9. The van der Waals surface area contributed by atoms with Crippen molar-refractivity contribution in [2.75, 3.05) is 11.5 Å². The highest BCUT2D eigenvalue weighted by Gasteiger charge is 2.81. The van der Waals surface area contributed by atoms with Gasteiger partial charge in [0.2, 0.25) is 5.91 Å². The molecule has 4 aliphatic heterocycles. The van der Waals surface area contributed by atoms with Crippen LogP contribution in [0.4, 0.5) is 18.9 Å². The summed E-state index contributed by atoms with van der Waals surface area (Å²) >= 11 is 0. The molecule has 0 aromatic heterocycles. The molecule has 154 valence electrons. The third-order valence-corrected chi connectivity index (χ3v) is 6.89. The summed E-state index contributed by atoms with van der Waals surface area (Å²) in [6.45, 7) is 1.65. The maximum Gasteiger partial charge on any atom is 0.417 e. The van der Waals surface area contributed by atoms with E-state index in [2.05, 4.69) is 0 Å². The number of aliphatic hydroxyl groups is 2. The highest BCUT2D eigenvalue weighted by atomic mass is 19.4. The second-order valence-corrected chi connectivity index (χ2v) is 8.19. The number of anilines is 1. The fourth-order valence-electron chi connectivity index (χ4n) is 5.67. The number of ether oxygens (including phenoxy) is 2. The molecule has 29 heavy (non-hydrogen) atoms. The van der Waals surface area contributed by atoms with Crippen LogP contribution in [-0.4, -0.2) is 52.4 Å². The number of aliphatic hydroxyl groups excluding tert-OH is 2. The first-order valence-corrected chi connectivity index (χ1v) is 9.18. The van der Waals surface area contributed by atoms with Gasteiger partial charge in [-0.05, 0) is 25.1 Å². The van der Waals surface area contributed by atoms with Crippen LogP contribution in [0.25, 0.3) is 0 Å². The first kappa shape index (κ1) is 18.8. The summed E-state index contributed by atoms with van der Waals surface area (Å²) in [5, 5.41) is 30.1. The number of nitriles is 1. The zero-order valence-corrected chi connectivity index (χ0v) is 15.2. The summed E-state index contributed by atoms with van der Waals surface area (Å²) in [5.41, 5.74) is -4.29. The molecule has 0 saturated carbocycles. The fraction of sp³-hybridized carbons (Fsp3) is 0.579. The first-order chi connectivity index (χ1) is 13.6. The first-order valence-electron chi connectivity index (χ1n) is 9.18. The van der Waals surface area contributed by atoms with Gasteiger partial charge in [0.25, 0.3) is 0 Å². The molecule has 2 bridgehead atoms. The molecule has 1 amide bonds. The lowest BCUT2D eigenvalue weighted by Gasteiger charge is -2.44. The molecular formula is C19H17F3N2O5. The van der Waals surface area contributed by atoms with Crippen molar-refractivity contribution in [1.82, 2.24) is 0 Å². The number of rotatable bonds is 1. The summed E-state index contributed by atoms with van der Waals surface area (Å²) < 4.78 is 52.0. The van der Waals surface area contributed by atoms with Gasteiger partial charge in [0.15, 0.2) is 0 Å². The average Bonchev–Trinajstić information content (AvgIpc) is 3.20. The number of fused-ring (bicyclic) bond motifs is 2. The number of hydrogen-bond donors (Lipinski definition) is 2. The third-order valence-electron chi connectivity index (χ3n) is 6.89. The fourth-order valence-corrected chi connectivity index (χ4v) is 5.67. The van der Waals surface area contributed by atoms with Gasteiger partial charge >= 0.3 is 6.18 Å². The Morgan fingerprint density at radius 3 is 2.69 bits per heavy atom. The Balaban J connectivity index is 1.64. The van der Waals surface area contributed by atoms with Crippen molar-refractivity contribution in [1.29, 1.82) is 5.26 Å². The van der Waals surface area contributed by atoms with Crippen molar-refractivity contribution >= 4 is 11.6 Å². The van der Waals surface area contributed by atoms with E-state index in [0.29, 0.717) is 0 Å². The Morgan fingerprint density at radius 2 is 2.03 bits per heavy atom. The Bertz CT molecular complexity index is 962. The molecule has 1 spiro atoms. The van der Waals surface area contributed by atoms with Crippen molar-refractivity contribution < 1.29 is 37.7 Å². The van der Waals surface area contributed by atoms with Crippen molar-refractivity contribution in [3.05, 3.63) is 29.3 Å². The summed E-state index contributed by atoms with van der Waals surface area (Å²) in [5.74, 6) is -2.02. The maximum atomic E-state index is 13.4. The largest absolute Gasteiger partial charge is 0.417 e. The molecule has 7 nitrogen and oxygen atoms in total. The van der Waals surface area contributed by atoms with Gasteiger partial charge in [-0.15, -0.1) is 0 Å². The van der Waals surface area contributed by atoms with Crippen LogP contribution in [-0.2, 0) is 20.4 Å². The third kappa shape index (κ3) is 2.08. The van der Waals surface area contributed by atoms with E-state index in [4.69, 9.17) is 14.7 Å². The van der Waals surface area contributed by atoms with Crippen LogP contribution in [0, 0.1) is 23.2 Å². The highest BCUT2D eigenvalue weighted by Crippen LogP contribution is 2.65. The van der Waals surface area contributed by atoms with Crippen molar-refractivity contribution in [3.8, 4) is 6.07 Å². The molecule has 4 heterocycles. The van der Waals surface area contributed by atoms with Crippen LogP contribution in [0.3, 0.4) is 0 Å². The standard InChI is InChI=1S/C19H17F3N2O5/c1-17-11-12-16(28-5-4-18(12,29-17)14(26)13(17)25)24(15(11)27)9-3-2-8(7-23)10(6-9)19(20,21)22/h2-3,6,11-14,16,25-26H,4-5H2,1H3/t11-,12+,13+,14+,16+,17+,18-/m1/s1. The van der Waals surface area contributed by atoms with E-state index in [0.717, 1.165) is 17.0 Å². The molecule has 5 rings (SSSR count). The SMILES string of the molecule is C[C@]12O[C@@]3(CCO[C@H]4[C@@H]3[C@@H]1C(=O)N4c1ccc(C#N)c(C(F)(F)F)c1)[C@@H](O)[C@@H]2O. The van der Waals surface area contributed by atoms with Crippen LogP contribution in [0.15, 0.2) is 18.2 Å². The van der Waals surface area contributed by atoms with E-state index < -0.39 is 64.7 Å². The molecule has 4 saturated heterocycles. The normalized spacial score (nSPS) is 42.9. The van der Waals surface area contributed by atoms with Crippen LogP contribution >= 0.6 is 0 Å². The van der Waals surface area contributed by atoms with E-state index >= 15 is 0 Å². The lowest BCUT2D eigenvalue weighted by atomic mass is 9.63. The number of halogens is 3. The molecule has 0 unspecified atom stereocenters. The summed E-state index contributed by atoms with van der Waals surface area (Å²) in [4.78, 5) is 14.5. The Hall–Kier alpha value is -2.19. The summed E-state index contributed by atoms with van der Waals surface area (Å²) in [6, 6.07) is 4.57. The lowest BCUT2D eigenvalue weighted by Crippen LogP contribution is -2.61. The van der Waals surface area contributed by atoms with E-state index in [9.17, 15) is 28.2 Å². The van der Waals surface area contributed by atoms with Crippen LogP contribution in [0.2, 0.25) is 0 Å². The number of amides is 1. The number of carbonyl (C=O) groups excluding carboxylic acids is 1. The molecular weight excluding hydrogens is 393 g/mol. The average molecular weight is 410 g/mol. The van der Waals surface area contributed by atoms with Crippen LogP contribution in [0.5, 0.6) is 0 Å². The molecule has 7 atom stereocenters. The van der Waals surface area contributed by atoms with Gasteiger partial charge in [-0.25, -0.2) is 0 Å². The predicted molar refractivity (Wildman–Crippen MR) is 89.2 cm³/mol. The number of hydrogen-bond acceptors (Lipinski definition) is 6. The van der Waals surface area contributed by atoms with Crippen molar-refractivity contribution in [2.24, 2.45) is 11.8 Å². The van der Waals surface area contributed by atoms with Gasteiger partial charge in [0.1, 0.15) is 29.6 Å². The Morgan fingerprint density at radius 1 is 1.31 bits per heavy atom. The van der Waals surface area contributed by atoms with Gasteiger partial charge in [-0.2, -0.15) is 18.4 Å². The van der Waals surface area contributed by atoms with E-state index in [1.165, 1.54) is 19.1 Å². The predicted octanol–water partition coefficient (Wildman–Crippen LogP) is 1.17. The van der Waals surface area contributed by atoms with Gasteiger partial charge in [-0.1, -0.05) is 0 Å². The lowest BCUT2D eigenvalue weighted by molar-refractivity contribution is -0.165. The minimum absolute atomic E-state index is 0.0512. The molecule has 1 aromatic rings. The number of benzene rings is 1.